The standard InChI is InChI=1S/C14H25NO2/c16-11-12-6-8-15(9-7-12)10-14(17)13-4-2-1-3-5-13/h12-13,16H,1-11H2. The van der Waals surface area contributed by atoms with Gasteiger partial charge in [-0.15, -0.1) is 0 Å². The lowest BCUT2D eigenvalue weighted by Gasteiger charge is -2.32. The first kappa shape index (κ1) is 13.0. The molecule has 1 saturated heterocycles. The van der Waals surface area contributed by atoms with Crippen molar-refractivity contribution in [3.63, 3.8) is 0 Å². The lowest BCUT2D eigenvalue weighted by molar-refractivity contribution is -0.125. The van der Waals surface area contributed by atoms with Gasteiger partial charge in [0.2, 0.25) is 0 Å². The van der Waals surface area contributed by atoms with Gasteiger partial charge in [-0.05, 0) is 44.7 Å². The molecule has 0 aromatic rings. The molecule has 0 spiro atoms. The molecule has 1 aliphatic carbocycles. The van der Waals surface area contributed by atoms with Crippen molar-refractivity contribution in [2.45, 2.75) is 44.9 Å². The second-order valence-electron chi connectivity index (χ2n) is 5.70. The van der Waals surface area contributed by atoms with Crippen LogP contribution in [-0.4, -0.2) is 42.0 Å². The van der Waals surface area contributed by atoms with Crippen LogP contribution in [0.25, 0.3) is 0 Å². The van der Waals surface area contributed by atoms with Crippen molar-refractivity contribution in [2.24, 2.45) is 11.8 Å². The molecule has 0 bridgehead atoms. The summed E-state index contributed by atoms with van der Waals surface area (Å²) in [7, 11) is 0. The Hall–Kier alpha value is -0.410. The molecular formula is C14H25NO2. The summed E-state index contributed by atoms with van der Waals surface area (Å²) in [5, 5.41) is 9.08. The van der Waals surface area contributed by atoms with Crippen LogP contribution in [0.3, 0.4) is 0 Å². The fraction of sp³-hybridized carbons (Fsp3) is 0.929. The molecule has 0 radical (unpaired) electrons. The molecule has 0 aromatic heterocycles. The third-order valence-electron chi connectivity index (χ3n) is 4.41. The molecule has 2 aliphatic rings. The van der Waals surface area contributed by atoms with E-state index in [1.807, 2.05) is 0 Å². The number of aliphatic hydroxyl groups is 1. The number of Topliss-reactive ketones (excluding diaryl/α,β-unsaturated/α-hetero) is 1. The smallest absolute Gasteiger partial charge is 0.149 e. The SMILES string of the molecule is O=C(CN1CCC(CO)CC1)C1CCCCC1. The van der Waals surface area contributed by atoms with Crippen LogP contribution < -0.4 is 0 Å². The number of hydrogen-bond acceptors (Lipinski definition) is 3. The Labute approximate surface area is 104 Å². The zero-order valence-corrected chi connectivity index (χ0v) is 10.7. The number of nitrogens with zero attached hydrogens (tertiary/aromatic N) is 1. The number of hydrogen-bond donors (Lipinski definition) is 1. The van der Waals surface area contributed by atoms with Crippen LogP contribution >= 0.6 is 0 Å². The molecule has 0 unspecified atom stereocenters. The summed E-state index contributed by atoms with van der Waals surface area (Å²) in [5.41, 5.74) is 0. The number of piperidine rings is 1. The highest BCUT2D eigenvalue weighted by Crippen LogP contribution is 2.25. The Morgan fingerprint density at radius 3 is 2.29 bits per heavy atom. The van der Waals surface area contributed by atoms with E-state index in [0.29, 0.717) is 30.8 Å². The molecule has 2 fully saturated rings. The molecule has 0 atom stereocenters. The molecular weight excluding hydrogens is 214 g/mol. The molecule has 3 heteroatoms. The molecule has 98 valence electrons. The molecule has 1 saturated carbocycles. The van der Waals surface area contributed by atoms with Crippen molar-refractivity contribution in [2.75, 3.05) is 26.2 Å². The Morgan fingerprint density at radius 2 is 1.71 bits per heavy atom. The average molecular weight is 239 g/mol. The highest BCUT2D eigenvalue weighted by molar-refractivity contribution is 5.83. The van der Waals surface area contributed by atoms with Crippen LogP contribution in [0.15, 0.2) is 0 Å². The Bertz CT molecular complexity index is 241. The molecule has 0 amide bonds. The maximum Gasteiger partial charge on any atom is 0.149 e. The quantitative estimate of drug-likeness (QED) is 0.814. The van der Waals surface area contributed by atoms with Gasteiger partial charge in [-0.25, -0.2) is 0 Å². The number of rotatable bonds is 4. The van der Waals surface area contributed by atoms with Crippen LogP contribution in [0.2, 0.25) is 0 Å². The van der Waals surface area contributed by atoms with Crippen molar-refractivity contribution in [3.05, 3.63) is 0 Å². The summed E-state index contributed by atoms with van der Waals surface area (Å²) in [6.07, 6.45) is 8.12. The first-order valence-electron chi connectivity index (χ1n) is 7.15. The van der Waals surface area contributed by atoms with Gasteiger partial charge in [0.25, 0.3) is 0 Å². The van der Waals surface area contributed by atoms with Gasteiger partial charge < -0.3 is 5.11 Å². The largest absolute Gasteiger partial charge is 0.396 e. The Morgan fingerprint density at radius 1 is 1.06 bits per heavy atom. The third-order valence-corrected chi connectivity index (χ3v) is 4.41. The predicted molar refractivity (Wildman–Crippen MR) is 67.8 cm³/mol. The van der Waals surface area contributed by atoms with E-state index in [0.717, 1.165) is 38.8 Å². The molecule has 17 heavy (non-hydrogen) atoms. The average Bonchev–Trinajstić information content (AvgIpc) is 2.40. The number of carbonyl (C=O) groups is 1. The fourth-order valence-electron chi connectivity index (χ4n) is 3.10. The minimum Gasteiger partial charge on any atom is -0.396 e. The first-order valence-corrected chi connectivity index (χ1v) is 7.15. The zero-order valence-electron chi connectivity index (χ0n) is 10.7. The van der Waals surface area contributed by atoms with Gasteiger partial charge in [-0.2, -0.15) is 0 Å². The van der Waals surface area contributed by atoms with E-state index in [1.54, 1.807) is 0 Å². The maximum absolute atomic E-state index is 12.1. The van der Waals surface area contributed by atoms with E-state index in [2.05, 4.69) is 4.90 Å². The van der Waals surface area contributed by atoms with Crippen molar-refractivity contribution in [3.8, 4) is 0 Å². The highest BCUT2D eigenvalue weighted by atomic mass is 16.3. The molecule has 1 aliphatic heterocycles. The first-order chi connectivity index (χ1) is 8.29. The maximum atomic E-state index is 12.1. The topological polar surface area (TPSA) is 40.5 Å². The van der Waals surface area contributed by atoms with Gasteiger partial charge in [-0.3, -0.25) is 9.69 Å². The minimum atomic E-state index is 0.310. The predicted octanol–water partition coefficient (Wildman–Crippen LogP) is 1.84. The van der Waals surface area contributed by atoms with E-state index in [-0.39, 0.29) is 0 Å². The van der Waals surface area contributed by atoms with Crippen molar-refractivity contribution in [1.82, 2.24) is 4.90 Å². The number of aliphatic hydroxyl groups excluding tert-OH is 1. The van der Waals surface area contributed by atoms with E-state index < -0.39 is 0 Å². The Kier molecular flexibility index (Phi) is 4.99. The van der Waals surface area contributed by atoms with Crippen LogP contribution in [-0.2, 0) is 4.79 Å². The number of likely N-dealkylation sites (tertiary alicyclic amines) is 1. The van der Waals surface area contributed by atoms with Crippen LogP contribution in [0, 0.1) is 11.8 Å². The third kappa shape index (κ3) is 3.78. The van der Waals surface area contributed by atoms with Crippen LogP contribution in [0.1, 0.15) is 44.9 Å². The van der Waals surface area contributed by atoms with Gasteiger partial charge in [0.1, 0.15) is 5.78 Å². The number of ketones is 1. The highest BCUT2D eigenvalue weighted by Gasteiger charge is 2.25. The minimum absolute atomic E-state index is 0.310. The van der Waals surface area contributed by atoms with Crippen LogP contribution in [0.4, 0.5) is 0 Å². The van der Waals surface area contributed by atoms with Gasteiger partial charge in [0.15, 0.2) is 0 Å². The molecule has 1 N–H and O–H groups in total. The second kappa shape index (κ2) is 6.50. The van der Waals surface area contributed by atoms with Gasteiger partial charge in [0.05, 0.1) is 6.54 Å². The number of carbonyl (C=O) groups excluding carboxylic acids is 1. The van der Waals surface area contributed by atoms with Crippen LogP contribution in [0.5, 0.6) is 0 Å². The zero-order chi connectivity index (χ0) is 12.1. The lowest BCUT2D eigenvalue weighted by atomic mass is 9.86. The van der Waals surface area contributed by atoms with Crippen molar-refractivity contribution >= 4 is 5.78 Å². The summed E-state index contributed by atoms with van der Waals surface area (Å²) < 4.78 is 0. The summed E-state index contributed by atoms with van der Waals surface area (Å²) in [6, 6.07) is 0. The van der Waals surface area contributed by atoms with E-state index in [1.165, 1.54) is 19.3 Å². The normalized spacial score (nSPS) is 25.0. The summed E-state index contributed by atoms with van der Waals surface area (Å²) in [4.78, 5) is 14.4. The fourth-order valence-corrected chi connectivity index (χ4v) is 3.10. The van der Waals surface area contributed by atoms with E-state index in [4.69, 9.17) is 5.11 Å². The van der Waals surface area contributed by atoms with Crippen molar-refractivity contribution < 1.29 is 9.90 Å². The lowest BCUT2D eigenvalue weighted by Crippen LogP contribution is -2.40. The molecule has 1 heterocycles. The monoisotopic (exact) mass is 239 g/mol. The Balaban J connectivity index is 1.71. The van der Waals surface area contributed by atoms with Gasteiger partial charge >= 0.3 is 0 Å². The summed E-state index contributed by atoms with van der Waals surface area (Å²) in [5.74, 6) is 1.28. The molecule has 3 nitrogen and oxygen atoms in total. The molecule has 0 aromatic carbocycles. The van der Waals surface area contributed by atoms with Gasteiger partial charge in [-0.1, -0.05) is 19.3 Å². The van der Waals surface area contributed by atoms with E-state index in [9.17, 15) is 4.79 Å². The summed E-state index contributed by atoms with van der Waals surface area (Å²) in [6.45, 7) is 2.95. The van der Waals surface area contributed by atoms with Crippen molar-refractivity contribution in [1.29, 1.82) is 0 Å². The molecule has 2 rings (SSSR count). The van der Waals surface area contributed by atoms with E-state index >= 15 is 0 Å². The van der Waals surface area contributed by atoms with Gasteiger partial charge in [0, 0.05) is 12.5 Å². The second-order valence-corrected chi connectivity index (χ2v) is 5.70. The summed E-state index contributed by atoms with van der Waals surface area (Å²) >= 11 is 0.